The van der Waals surface area contributed by atoms with Crippen molar-refractivity contribution in [3.63, 3.8) is 0 Å². The molecule has 0 saturated heterocycles. The number of hydrogen-bond acceptors (Lipinski definition) is 4. The normalized spacial score (nSPS) is 18.0. The number of ether oxygens (including phenoxy) is 1. The Kier molecular flexibility index (Phi) is 3.10. The molecule has 0 spiro atoms. The largest absolute Gasteiger partial charge is 0.480 e. The third-order valence-corrected chi connectivity index (χ3v) is 2.75. The number of nitrogens with one attached hydrogen (secondary N) is 1. The molecular weight excluding hydrogens is 236 g/mol. The van der Waals surface area contributed by atoms with E-state index in [1.54, 1.807) is 32.2 Å². The first kappa shape index (κ1) is 12.2. The van der Waals surface area contributed by atoms with E-state index in [4.69, 9.17) is 9.84 Å². The lowest BCUT2D eigenvalue weighted by Crippen LogP contribution is -2.41. The Morgan fingerprint density at radius 3 is 2.94 bits per heavy atom. The molecule has 96 valence electrons. The van der Waals surface area contributed by atoms with Crippen molar-refractivity contribution >= 4 is 23.3 Å². The van der Waals surface area contributed by atoms with E-state index >= 15 is 0 Å². The zero-order valence-corrected chi connectivity index (χ0v) is 10.1. The number of hydrogen-bond donors (Lipinski definition) is 2. The van der Waals surface area contributed by atoms with Crippen LogP contribution in [0.15, 0.2) is 18.2 Å². The summed E-state index contributed by atoms with van der Waals surface area (Å²) in [5.74, 6) is -0.453. The van der Waals surface area contributed by atoms with E-state index in [2.05, 4.69) is 5.32 Å². The van der Waals surface area contributed by atoms with Gasteiger partial charge >= 0.3 is 5.97 Å². The van der Waals surface area contributed by atoms with Crippen LogP contribution < -0.4 is 15.0 Å². The third-order valence-electron chi connectivity index (χ3n) is 2.75. The molecule has 0 radical (unpaired) electrons. The zero-order valence-electron chi connectivity index (χ0n) is 10.1. The molecule has 1 aromatic rings. The molecule has 2 rings (SSSR count). The minimum absolute atomic E-state index is 0.127. The molecule has 6 heteroatoms. The third kappa shape index (κ3) is 2.22. The van der Waals surface area contributed by atoms with Crippen LogP contribution in [0.1, 0.15) is 6.92 Å². The SMILES string of the molecule is CC1Oc2ccc(NCC(=O)O)cc2N(C)C1=O. The highest BCUT2D eigenvalue weighted by Gasteiger charge is 2.28. The van der Waals surface area contributed by atoms with Gasteiger partial charge < -0.3 is 20.1 Å². The van der Waals surface area contributed by atoms with Crippen molar-refractivity contribution in [2.45, 2.75) is 13.0 Å². The number of benzene rings is 1. The van der Waals surface area contributed by atoms with E-state index in [1.807, 2.05) is 0 Å². The number of anilines is 2. The summed E-state index contributed by atoms with van der Waals surface area (Å²) >= 11 is 0. The van der Waals surface area contributed by atoms with Crippen molar-refractivity contribution in [3.05, 3.63) is 18.2 Å². The lowest BCUT2D eigenvalue weighted by molar-refractivity contribution is -0.135. The molecular formula is C12H14N2O4. The highest BCUT2D eigenvalue weighted by atomic mass is 16.5. The van der Waals surface area contributed by atoms with E-state index in [9.17, 15) is 9.59 Å². The number of carbonyl (C=O) groups is 2. The summed E-state index contributed by atoms with van der Waals surface area (Å²) in [6.07, 6.45) is -0.500. The van der Waals surface area contributed by atoms with Crippen molar-refractivity contribution in [3.8, 4) is 5.75 Å². The van der Waals surface area contributed by atoms with Crippen LogP contribution in [0.2, 0.25) is 0 Å². The lowest BCUT2D eigenvalue weighted by Gasteiger charge is -2.30. The van der Waals surface area contributed by atoms with Crippen molar-refractivity contribution in [1.82, 2.24) is 0 Å². The summed E-state index contributed by atoms with van der Waals surface area (Å²) in [6, 6.07) is 5.14. The first-order valence-corrected chi connectivity index (χ1v) is 5.53. The fraction of sp³-hybridized carbons (Fsp3) is 0.333. The quantitative estimate of drug-likeness (QED) is 0.834. The Morgan fingerprint density at radius 2 is 2.28 bits per heavy atom. The number of carbonyl (C=O) groups excluding carboxylic acids is 1. The number of amides is 1. The van der Waals surface area contributed by atoms with Gasteiger partial charge in [-0.05, 0) is 25.1 Å². The summed E-state index contributed by atoms with van der Waals surface area (Å²) < 4.78 is 5.46. The van der Waals surface area contributed by atoms with Crippen LogP contribution in [0.4, 0.5) is 11.4 Å². The number of carboxylic acid groups (broad SMARTS) is 1. The van der Waals surface area contributed by atoms with Crippen molar-refractivity contribution in [1.29, 1.82) is 0 Å². The maximum Gasteiger partial charge on any atom is 0.322 e. The smallest absolute Gasteiger partial charge is 0.322 e. The minimum atomic E-state index is -0.943. The molecule has 0 saturated carbocycles. The zero-order chi connectivity index (χ0) is 13.3. The van der Waals surface area contributed by atoms with Gasteiger partial charge in [0.1, 0.15) is 12.3 Å². The van der Waals surface area contributed by atoms with Crippen molar-refractivity contribution < 1.29 is 19.4 Å². The van der Waals surface area contributed by atoms with Crippen LogP contribution in [0, 0.1) is 0 Å². The van der Waals surface area contributed by atoms with E-state index < -0.39 is 12.1 Å². The Balaban J connectivity index is 2.26. The van der Waals surface area contributed by atoms with Crippen LogP contribution in [0.3, 0.4) is 0 Å². The Hall–Kier alpha value is -2.24. The van der Waals surface area contributed by atoms with E-state index in [0.29, 0.717) is 17.1 Å². The Labute approximate surface area is 104 Å². The van der Waals surface area contributed by atoms with Crippen LogP contribution in [-0.2, 0) is 9.59 Å². The number of likely N-dealkylation sites (N-methyl/N-ethyl adjacent to an activating group) is 1. The van der Waals surface area contributed by atoms with E-state index in [1.165, 1.54) is 4.90 Å². The highest BCUT2D eigenvalue weighted by Crippen LogP contribution is 2.35. The van der Waals surface area contributed by atoms with Crippen molar-refractivity contribution in [2.75, 3.05) is 23.8 Å². The van der Waals surface area contributed by atoms with Crippen LogP contribution in [0.5, 0.6) is 5.75 Å². The number of aliphatic carboxylic acids is 1. The fourth-order valence-corrected chi connectivity index (χ4v) is 1.80. The van der Waals surface area contributed by atoms with Gasteiger partial charge in [-0.3, -0.25) is 9.59 Å². The topological polar surface area (TPSA) is 78.9 Å². The van der Waals surface area contributed by atoms with Crippen LogP contribution >= 0.6 is 0 Å². The summed E-state index contributed by atoms with van der Waals surface area (Å²) in [7, 11) is 1.67. The molecule has 1 aliphatic rings. The van der Waals surface area contributed by atoms with Gasteiger partial charge in [0.25, 0.3) is 5.91 Å². The van der Waals surface area contributed by atoms with Gasteiger partial charge in [0.2, 0.25) is 0 Å². The van der Waals surface area contributed by atoms with Crippen LogP contribution in [-0.4, -0.2) is 36.7 Å². The molecule has 0 aliphatic carbocycles. The van der Waals surface area contributed by atoms with Gasteiger partial charge in [-0.15, -0.1) is 0 Å². The van der Waals surface area contributed by atoms with Crippen LogP contribution in [0.25, 0.3) is 0 Å². The summed E-state index contributed by atoms with van der Waals surface area (Å²) in [6.45, 7) is 1.52. The second-order valence-electron chi connectivity index (χ2n) is 4.09. The second kappa shape index (κ2) is 4.56. The molecule has 1 unspecified atom stereocenters. The summed E-state index contributed by atoms with van der Waals surface area (Å²) in [5, 5.41) is 11.3. The number of rotatable bonds is 3. The average molecular weight is 250 g/mol. The summed E-state index contributed by atoms with van der Waals surface area (Å²) in [4.78, 5) is 23.7. The van der Waals surface area contributed by atoms with Gasteiger partial charge in [-0.25, -0.2) is 0 Å². The molecule has 18 heavy (non-hydrogen) atoms. The Morgan fingerprint density at radius 1 is 1.56 bits per heavy atom. The predicted octanol–water partition coefficient (Wildman–Crippen LogP) is 0.927. The molecule has 1 aromatic carbocycles. The predicted molar refractivity (Wildman–Crippen MR) is 66.1 cm³/mol. The average Bonchev–Trinajstić information content (AvgIpc) is 2.34. The first-order chi connectivity index (χ1) is 8.49. The maximum absolute atomic E-state index is 11.8. The van der Waals surface area contributed by atoms with E-state index in [-0.39, 0.29) is 12.5 Å². The Bertz CT molecular complexity index is 501. The molecule has 0 bridgehead atoms. The number of nitrogens with zero attached hydrogens (tertiary/aromatic N) is 1. The molecule has 2 N–H and O–H groups in total. The maximum atomic E-state index is 11.8. The minimum Gasteiger partial charge on any atom is -0.480 e. The summed E-state index contributed by atoms with van der Waals surface area (Å²) in [5.41, 5.74) is 1.27. The van der Waals surface area contributed by atoms with Gasteiger partial charge in [0.05, 0.1) is 5.69 Å². The van der Waals surface area contributed by atoms with Crippen molar-refractivity contribution in [2.24, 2.45) is 0 Å². The monoisotopic (exact) mass is 250 g/mol. The standard InChI is InChI=1S/C12H14N2O4/c1-7-12(17)14(2)9-5-8(13-6-11(15)16)3-4-10(9)18-7/h3-5,7,13H,6H2,1-2H3,(H,15,16). The van der Waals surface area contributed by atoms with Gasteiger partial charge in [0.15, 0.2) is 6.10 Å². The molecule has 1 amide bonds. The molecule has 1 heterocycles. The number of carboxylic acids is 1. The molecule has 0 fully saturated rings. The number of fused-ring (bicyclic) bond motifs is 1. The highest BCUT2D eigenvalue weighted by molar-refractivity contribution is 5.99. The van der Waals surface area contributed by atoms with Gasteiger partial charge in [-0.2, -0.15) is 0 Å². The lowest BCUT2D eigenvalue weighted by atomic mass is 10.2. The van der Waals surface area contributed by atoms with Gasteiger partial charge in [0, 0.05) is 12.7 Å². The molecule has 6 nitrogen and oxygen atoms in total. The van der Waals surface area contributed by atoms with Gasteiger partial charge in [-0.1, -0.05) is 0 Å². The van der Waals surface area contributed by atoms with E-state index in [0.717, 1.165) is 0 Å². The fourth-order valence-electron chi connectivity index (χ4n) is 1.80. The first-order valence-electron chi connectivity index (χ1n) is 5.53. The molecule has 0 aromatic heterocycles. The molecule has 1 atom stereocenters. The second-order valence-corrected chi connectivity index (χ2v) is 4.09. The molecule has 1 aliphatic heterocycles.